The van der Waals surface area contributed by atoms with Crippen molar-refractivity contribution in [3.05, 3.63) is 82.0 Å². The predicted molar refractivity (Wildman–Crippen MR) is 109 cm³/mol. The minimum atomic E-state index is -1.32. The molecule has 1 aliphatic rings. The van der Waals surface area contributed by atoms with Gasteiger partial charge in [-0.15, -0.1) is 11.8 Å². The molecule has 0 amide bonds. The second-order valence-electron chi connectivity index (χ2n) is 6.91. The van der Waals surface area contributed by atoms with Gasteiger partial charge in [-0.25, -0.2) is 0 Å². The number of aliphatic hydroxyl groups excluding tert-OH is 4. The molecule has 4 N–H and O–H groups in total. The molecule has 5 heteroatoms. The Kier molecular flexibility index (Phi) is 6.60. The van der Waals surface area contributed by atoms with Crippen molar-refractivity contribution in [3.63, 3.8) is 0 Å². The molecule has 1 aliphatic heterocycles. The van der Waals surface area contributed by atoms with Crippen LogP contribution in [-0.4, -0.2) is 38.7 Å². The normalized spacial score (nSPS) is 27.0. The van der Waals surface area contributed by atoms with E-state index in [2.05, 4.69) is 37.3 Å². The fourth-order valence-corrected chi connectivity index (χ4v) is 4.56. The van der Waals surface area contributed by atoms with E-state index < -0.39 is 23.6 Å². The number of aliphatic hydroxyl groups is 4. The fraction of sp³-hybridized carbons (Fsp3) is 0.364. The van der Waals surface area contributed by atoms with Crippen LogP contribution in [0.2, 0.25) is 0 Å². The van der Waals surface area contributed by atoms with Crippen molar-refractivity contribution < 1.29 is 20.4 Å². The van der Waals surface area contributed by atoms with E-state index in [1.54, 1.807) is 0 Å². The highest BCUT2D eigenvalue weighted by molar-refractivity contribution is 8.03. The molecule has 2 aromatic rings. The quantitative estimate of drug-likeness (QED) is 0.593. The molecule has 2 aromatic carbocycles. The first-order valence-electron chi connectivity index (χ1n) is 9.25. The molecular formula is C22H26O4S. The lowest BCUT2D eigenvalue weighted by Gasteiger charge is -2.36. The van der Waals surface area contributed by atoms with Gasteiger partial charge in [0.15, 0.2) is 0 Å². The number of benzene rings is 2. The van der Waals surface area contributed by atoms with E-state index in [4.69, 9.17) is 0 Å². The Morgan fingerprint density at radius 2 is 1.56 bits per heavy atom. The van der Waals surface area contributed by atoms with Crippen LogP contribution in [0.4, 0.5) is 0 Å². The number of rotatable bonds is 5. The molecule has 0 unspecified atom stereocenters. The van der Waals surface area contributed by atoms with Crippen molar-refractivity contribution in [2.75, 3.05) is 0 Å². The molecule has 1 fully saturated rings. The topological polar surface area (TPSA) is 80.9 Å². The Hall–Kier alpha value is -1.79. The average molecular weight is 387 g/mol. The van der Waals surface area contributed by atoms with Gasteiger partial charge in [0.2, 0.25) is 0 Å². The summed E-state index contributed by atoms with van der Waals surface area (Å²) in [4.78, 5) is 0.263. The number of thioether (sulfide) groups is 1. The van der Waals surface area contributed by atoms with Gasteiger partial charge in [-0.1, -0.05) is 55.5 Å². The van der Waals surface area contributed by atoms with Crippen LogP contribution in [0.3, 0.4) is 0 Å². The molecule has 1 heterocycles. The molecular weight excluding hydrogens is 360 g/mol. The number of hydrogen-bond acceptors (Lipinski definition) is 5. The number of hydrogen-bond donors (Lipinski definition) is 4. The summed E-state index contributed by atoms with van der Waals surface area (Å²) in [6, 6.07) is 16.6. The second-order valence-corrected chi connectivity index (χ2v) is 8.13. The molecule has 0 radical (unpaired) electrons. The van der Waals surface area contributed by atoms with Crippen LogP contribution in [-0.2, 0) is 19.3 Å². The summed E-state index contributed by atoms with van der Waals surface area (Å²) < 4.78 is 0. The van der Waals surface area contributed by atoms with Gasteiger partial charge in [0.1, 0.15) is 12.2 Å². The second kappa shape index (κ2) is 8.93. The Morgan fingerprint density at radius 1 is 0.889 bits per heavy atom. The standard InChI is InChI=1S/C22H26O4S/c1-2-14-6-8-15(9-7-14)10-11-16-4-3-5-17(12-16)22-21(26)20(25)19(24)18(13-23)27-22/h3-9,12-13,19-26H,2,10-11H2,1H3/b18-13+/t19-,20+,21-,22+/m1/s1. The largest absolute Gasteiger partial charge is 0.515 e. The monoisotopic (exact) mass is 386 g/mol. The summed E-state index contributed by atoms with van der Waals surface area (Å²) in [5.41, 5.74) is 4.64. The van der Waals surface area contributed by atoms with Crippen molar-refractivity contribution in [2.45, 2.75) is 49.7 Å². The van der Waals surface area contributed by atoms with E-state index in [9.17, 15) is 20.4 Å². The molecule has 0 aliphatic carbocycles. The maximum Gasteiger partial charge on any atom is 0.116 e. The van der Waals surface area contributed by atoms with Gasteiger partial charge in [-0.3, -0.25) is 0 Å². The SMILES string of the molecule is CCc1ccc(CCc2cccc([C@@H]3S/C(=C/O)[C@@H](O)[C@H](O)[C@H]3O)c2)cc1. The van der Waals surface area contributed by atoms with E-state index >= 15 is 0 Å². The van der Waals surface area contributed by atoms with Gasteiger partial charge >= 0.3 is 0 Å². The summed E-state index contributed by atoms with van der Waals surface area (Å²) >= 11 is 1.18. The molecule has 0 aromatic heterocycles. The fourth-order valence-electron chi connectivity index (χ4n) is 3.35. The zero-order chi connectivity index (χ0) is 19.4. The highest BCUT2D eigenvalue weighted by Crippen LogP contribution is 2.45. The van der Waals surface area contributed by atoms with Gasteiger partial charge in [0, 0.05) is 0 Å². The molecule has 27 heavy (non-hydrogen) atoms. The zero-order valence-corrected chi connectivity index (χ0v) is 16.1. The lowest BCUT2D eigenvalue weighted by Crippen LogP contribution is -2.44. The van der Waals surface area contributed by atoms with Crippen molar-refractivity contribution in [1.29, 1.82) is 0 Å². The molecule has 144 valence electrons. The van der Waals surface area contributed by atoms with Gasteiger partial charge in [-0.2, -0.15) is 0 Å². The van der Waals surface area contributed by atoms with Crippen LogP contribution < -0.4 is 0 Å². The first kappa shape index (κ1) is 20.0. The molecule has 1 saturated heterocycles. The molecule has 0 saturated carbocycles. The van der Waals surface area contributed by atoms with Crippen LogP contribution in [0.25, 0.3) is 0 Å². The Bertz CT molecular complexity index is 787. The maximum atomic E-state index is 10.4. The van der Waals surface area contributed by atoms with Gasteiger partial charge in [0.25, 0.3) is 0 Å². The third kappa shape index (κ3) is 4.55. The summed E-state index contributed by atoms with van der Waals surface area (Å²) in [5, 5.41) is 39.2. The minimum absolute atomic E-state index is 0.263. The van der Waals surface area contributed by atoms with Crippen molar-refractivity contribution >= 4 is 11.8 Å². The van der Waals surface area contributed by atoms with Gasteiger partial charge < -0.3 is 20.4 Å². The smallest absolute Gasteiger partial charge is 0.116 e. The third-order valence-corrected chi connectivity index (χ3v) is 6.50. The Labute approximate surface area is 164 Å². The summed E-state index contributed by atoms with van der Waals surface area (Å²) in [6.45, 7) is 2.14. The molecule has 3 rings (SSSR count). The van der Waals surface area contributed by atoms with Crippen molar-refractivity contribution in [3.8, 4) is 0 Å². The highest BCUT2D eigenvalue weighted by Gasteiger charge is 2.41. The molecule has 0 bridgehead atoms. The van der Waals surface area contributed by atoms with Crippen LogP contribution in [0.15, 0.2) is 59.7 Å². The Morgan fingerprint density at radius 3 is 2.22 bits per heavy atom. The summed E-state index contributed by atoms with van der Waals surface area (Å²) in [6.07, 6.45) is -0.0469. The van der Waals surface area contributed by atoms with E-state index in [1.807, 2.05) is 18.2 Å². The van der Waals surface area contributed by atoms with Gasteiger partial charge in [0.05, 0.1) is 22.5 Å². The number of aryl methyl sites for hydroxylation is 3. The lowest BCUT2D eigenvalue weighted by molar-refractivity contribution is -0.0477. The van der Waals surface area contributed by atoms with E-state index in [0.29, 0.717) is 0 Å². The van der Waals surface area contributed by atoms with Crippen molar-refractivity contribution in [1.82, 2.24) is 0 Å². The van der Waals surface area contributed by atoms with Crippen LogP contribution in [0.1, 0.15) is 34.4 Å². The van der Waals surface area contributed by atoms with E-state index in [0.717, 1.165) is 36.7 Å². The highest BCUT2D eigenvalue weighted by atomic mass is 32.2. The van der Waals surface area contributed by atoms with Crippen molar-refractivity contribution in [2.24, 2.45) is 0 Å². The molecule has 4 nitrogen and oxygen atoms in total. The van der Waals surface area contributed by atoms with E-state index in [1.165, 1.54) is 22.9 Å². The first-order chi connectivity index (χ1) is 13.0. The molecule has 0 spiro atoms. The first-order valence-corrected chi connectivity index (χ1v) is 10.1. The lowest BCUT2D eigenvalue weighted by atomic mass is 9.96. The summed E-state index contributed by atoms with van der Waals surface area (Å²) in [5.74, 6) is 0. The maximum absolute atomic E-state index is 10.4. The summed E-state index contributed by atoms with van der Waals surface area (Å²) in [7, 11) is 0. The third-order valence-electron chi connectivity index (χ3n) is 5.08. The van der Waals surface area contributed by atoms with E-state index in [-0.39, 0.29) is 4.91 Å². The van der Waals surface area contributed by atoms with Gasteiger partial charge in [-0.05, 0) is 41.5 Å². The van der Waals surface area contributed by atoms with Crippen LogP contribution in [0, 0.1) is 0 Å². The average Bonchev–Trinajstić information content (AvgIpc) is 2.71. The minimum Gasteiger partial charge on any atom is -0.515 e. The Balaban J connectivity index is 1.72. The van der Waals surface area contributed by atoms with Crippen LogP contribution >= 0.6 is 11.8 Å². The van der Waals surface area contributed by atoms with Crippen LogP contribution in [0.5, 0.6) is 0 Å². The predicted octanol–water partition coefficient (Wildman–Crippen LogP) is 3.30. The molecule has 4 atom stereocenters. The zero-order valence-electron chi connectivity index (χ0n) is 15.3.